The van der Waals surface area contributed by atoms with Crippen molar-refractivity contribution in [3.8, 4) is 0 Å². The van der Waals surface area contributed by atoms with Crippen LogP contribution in [0.2, 0.25) is 0 Å². The first kappa shape index (κ1) is 23.7. The van der Waals surface area contributed by atoms with E-state index in [4.69, 9.17) is 0 Å². The van der Waals surface area contributed by atoms with E-state index in [1.165, 1.54) is 13.3 Å². The van der Waals surface area contributed by atoms with E-state index in [1.54, 1.807) is 24.3 Å². The molecule has 2 amide bonds. The Hall–Kier alpha value is -3.04. The fourth-order valence-corrected chi connectivity index (χ4v) is 5.76. The Morgan fingerprint density at radius 3 is 2.43 bits per heavy atom. The molecule has 35 heavy (non-hydrogen) atoms. The molecule has 0 radical (unpaired) electrons. The summed E-state index contributed by atoms with van der Waals surface area (Å²) in [6, 6.07) is 9.07. The molecule has 6 rings (SSSR count). The summed E-state index contributed by atoms with van der Waals surface area (Å²) in [5.41, 5.74) is 1.33. The van der Waals surface area contributed by atoms with Gasteiger partial charge in [-0.25, -0.2) is 14.8 Å². The van der Waals surface area contributed by atoms with Crippen LogP contribution in [0.4, 0.5) is 16.4 Å². The van der Waals surface area contributed by atoms with Crippen LogP contribution in [0.3, 0.4) is 0 Å². The van der Waals surface area contributed by atoms with Crippen molar-refractivity contribution in [3.63, 3.8) is 0 Å². The first-order valence-electron chi connectivity index (χ1n) is 12.7. The molecule has 0 spiro atoms. The molecule has 0 aliphatic carbocycles. The van der Waals surface area contributed by atoms with Crippen LogP contribution in [-0.4, -0.2) is 90.0 Å². The Kier molecular flexibility index (Phi) is 7.24. The van der Waals surface area contributed by atoms with Crippen molar-refractivity contribution in [1.82, 2.24) is 25.1 Å². The Balaban J connectivity index is 1.05. The van der Waals surface area contributed by atoms with Gasteiger partial charge >= 0.3 is 6.03 Å². The predicted octanol–water partition coefficient (Wildman–Crippen LogP) is 2.33. The number of hydrogen-bond acceptors (Lipinski definition) is 7. The topological polar surface area (TPSA) is 93.7 Å². The van der Waals surface area contributed by atoms with Gasteiger partial charge in [-0.2, -0.15) is 0 Å². The lowest BCUT2D eigenvalue weighted by Crippen LogP contribution is -2.59. The van der Waals surface area contributed by atoms with Gasteiger partial charge in [0, 0.05) is 75.5 Å². The van der Waals surface area contributed by atoms with Crippen LogP contribution in [0.15, 0.2) is 42.7 Å². The number of aromatic nitrogens is 2. The number of amides is 2. The molecular weight excluding hydrogens is 442 g/mol. The van der Waals surface area contributed by atoms with E-state index in [9.17, 15) is 9.59 Å². The maximum atomic E-state index is 12.4. The number of nitrogens with zero attached hydrogens (tertiary/aromatic N) is 5. The number of ketones is 1. The van der Waals surface area contributed by atoms with Gasteiger partial charge in [-0.05, 0) is 68.5 Å². The van der Waals surface area contributed by atoms with Gasteiger partial charge < -0.3 is 15.5 Å². The van der Waals surface area contributed by atoms with Gasteiger partial charge in [-0.3, -0.25) is 14.6 Å². The molecule has 4 aliphatic heterocycles. The summed E-state index contributed by atoms with van der Waals surface area (Å²) in [6.45, 7) is 9.66. The summed E-state index contributed by atoms with van der Waals surface area (Å²) >= 11 is 0. The second-order valence-electron chi connectivity index (χ2n) is 10.00. The predicted molar refractivity (Wildman–Crippen MR) is 136 cm³/mol. The van der Waals surface area contributed by atoms with Crippen molar-refractivity contribution >= 4 is 23.5 Å². The summed E-state index contributed by atoms with van der Waals surface area (Å²) in [7, 11) is 0. The van der Waals surface area contributed by atoms with Gasteiger partial charge in [0.2, 0.25) is 5.95 Å². The van der Waals surface area contributed by atoms with Crippen LogP contribution in [0.1, 0.15) is 30.1 Å². The molecule has 4 fully saturated rings. The third-order valence-corrected chi connectivity index (χ3v) is 7.76. The van der Waals surface area contributed by atoms with Crippen LogP contribution in [0, 0.1) is 11.8 Å². The molecule has 9 heteroatoms. The van der Waals surface area contributed by atoms with Crippen LogP contribution in [-0.2, 0) is 0 Å². The molecule has 1 unspecified atom stereocenters. The highest BCUT2D eigenvalue weighted by Gasteiger charge is 2.40. The zero-order valence-corrected chi connectivity index (χ0v) is 20.4. The van der Waals surface area contributed by atoms with Crippen LogP contribution >= 0.6 is 0 Å². The van der Waals surface area contributed by atoms with Gasteiger partial charge in [-0.1, -0.05) is 0 Å². The summed E-state index contributed by atoms with van der Waals surface area (Å²) in [5, 5.41) is 5.92. The van der Waals surface area contributed by atoms with Gasteiger partial charge in [0.1, 0.15) is 0 Å². The van der Waals surface area contributed by atoms with E-state index in [1.807, 2.05) is 18.5 Å². The number of hydrogen-bond donors (Lipinski definition) is 2. The van der Waals surface area contributed by atoms with E-state index in [0.717, 1.165) is 64.1 Å². The van der Waals surface area contributed by atoms with Crippen molar-refractivity contribution in [3.05, 3.63) is 48.3 Å². The van der Waals surface area contributed by atoms with Crippen molar-refractivity contribution < 1.29 is 9.59 Å². The van der Waals surface area contributed by atoms with Crippen molar-refractivity contribution in [2.45, 2.75) is 25.8 Å². The molecule has 4 atom stereocenters. The van der Waals surface area contributed by atoms with Crippen molar-refractivity contribution in [2.75, 3.05) is 62.6 Å². The summed E-state index contributed by atoms with van der Waals surface area (Å²) in [4.78, 5) is 40.0. The van der Waals surface area contributed by atoms with Gasteiger partial charge in [0.05, 0.1) is 0 Å². The largest absolute Gasteiger partial charge is 0.338 e. The number of benzene rings is 1. The number of rotatable bonds is 7. The van der Waals surface area contributed by atoms with E-state index in [2.05, 4.69) is 35.3 Å². The van der Waals surface area contributed by atoms with Gasteiger partial charge in [0.15, 0.2) is 5.78 Å². The fourth-order valence-electron chi connectivity index (χ4n) is 5.76. The number of piperidine rings is 3. The zero-order valence-electron chi connectivity index (χ0n) is 20.4. The molecule has 2 N–H and O–H groups in total. The van der Waals surface area contributed by atoms with Crippen LogP contribution < -0.4 is 15.5 Å². The highest BCUT2D eigenvalue weighted by atomic mass is 16.2. The minimum absolute atomic E-state index is 0.0183. The minimum atomic E-state index is -0.194. The number of Topliss-reactive ketones (excluding diaryl/α,β-unsaturated/α-hetero) is 1. The first-order chi connectivity index (χ1) is 17.0. The highest BCUT2D eigenvalue weighted by molar-refractivity contribution is 5.95. The number of fused-ring (bicyclic) bond motifs is 3. The molecule has 9 nitrogen and oxygen atoms in total. The fraction of sp³-hybridized carbons (Fsp3) is 0.538. The lowest BCUT2D eigenvalue weighted by atomic mass is 9.75. The minimum Gasteiger partial charge on any atom is -0.338 e. The molecule has 2 bridgehead atoms. The number of piperazine rings is 1. The highest BCUT2D eigenvalue weighted by Crippen LogP contribution is 2.36. The number of urea groups is 1. The molecule has 1 aromatic heterocycles. The molecule has 1 aromatic carbocycles. The monoisotopic (exact) mass is 477 g/mol. The number of nitrogens with one attached hydrogen (secondary N) is 2. The maximum Gasteiger partial charge on any atom is 0.319 e. The average molecular weight is 478 g/mol. The maximum absolute atomic E-state index is 12.4. The van der Waals surface area contributed by atoms with E-state index in [0.29, 0.717) is 29.8 Å². The number of anilines is 2. The Labute approximate surface area is 206 Å². The van der Waals surface area contributed by atoms with E-state index < -0.39 is 0 Å². The summed E-state index contributed by atoms with van der Waals surface area (Å²) in [6.07, 6.45) is 6.02. The van der Waals surface area contributed by atoms with Crippen molar-refractivity contribution in [2.24, 2.45) is 11.8 Å². The molecular formula is C26H35N7O2. The zero-order chi connectivity index (χ0) is 24.2. The molecule has 186 valence electrons. The quantitative estimate of drug-likeness (QED) is 0.591. The normalized spacial score (nSPS) is 26.4. The second kappa shape index (κ2) is 10.7. The lowest BCUT2D eigenvalue weighted by Gasteiger charge is -2.51. The number of carbonyl (C=O) groups excluding carboxylic acids is 2. The van der Waals surface area contributed by atoms with Gasteiger partial charge in [0.25, 0.3) is 0 Å². The average Bonchev–Trinajstić information content (AvgIpc) is 2.89. The Morgan fingerprint density at radius 2 is 1.77 bits per heavy atom. The smallest absolute Gasteiger partial charge is 0.319 e. The number of carbonyl (C=O) groups is 2. The summed E-state index contributed by atoms with van der Waals surface area (Å²) < 4.78 is 0. The van der Waals surface area contributed by atoms with Crippen LogP contribution in [0.25, 0.3) is 0 Å². The van der Waals surface area contributed by atoms with Gasteiger partial charge in [-0.15, -0.1) is 0 Å². The lowest BCUT2D eigenvalue weighted by molar-refractivity contribution is -0.0114. The molecule has 4 aliphatic rings. The molecule has 0 saturated carbocycles. The first-order valence-corrected chi connectivity index (χ1v) is 12.7. The second-order valence-corrected chi connectivity index (χ2v) is 10.00. The van der Waals surface area contributed by atoms with E-state index in [-0.39, 0.29) is 11.8 Å². The van der Waals surface area contributed by atoms with Crippen molar-refractivity contribution in [1.29, 1.82) is 0 Å². The standard InChI is InChI=1S/C26H35N7O2/c1-19(34)20-3-5-23(6-4-20)30-26(35)29-16-24-15-21-7-10-33(24)18-22(21)17-31-11-13-32(14-12-31)25-27-8-2-9-28-25/h2-6,8-9,21-22,24H,7,10-18H2,1H3,(H2,29,30,35)/t21-,22-,24+/m0/s1. The third kappa shape index (κ3) is 5.79. The third-order valence-electron chi connectivity index (χ3n) is 7.76. The van der Waals surface area contributed by atoms with E-state index >= 15 is 0 Å². The Bertz CT molecular complexity index is 1010. The summed E-state index contributed by atoms with van der Waals surface area (Å²) in [5.74, 6) is 2.28. The molecule has 2 aromatic rings. The molecule has 5 heterocycles. The molecule has 4 saturated heterocycles. The Morgan fingerprint density at radius 1 is 1.03 bits per heavy atom. The van der Waals surface area contributed by atoms with Crippen LogP contribution in [0.5, 0.6) is 0 Å². The SMILES string of the molecule is CC(=O)c1ccc(NC(=O)NC[C@H]2C[C@@H]3CCN2C[C@@H]3CN2CCN(c3ncccn3)CC2)cc1.